The monoisotopic (exact) mass is 187 g/mol. The first-order valence-electron chi connectivity index (χ1n) is 4.67. The van der Waals surface area contributed by atoms with Gasteiger partial charge in [0.15, 0.2) is 0 Å². The van der Waals surface area contributed by atoms with Gasteiger partial charge in [0.1, 0.15) is 12.1 Å². The van der Waals surface area contributed by atoms with E-state index < -0.39 is 0 Å². The van der Waals surface area contributed by atoms with Crippen molar-refractivity contribution in [3.8, 4) is 0 Å². The maximum absolute atomic E-state index is 11.4. The summed E-state index contributed by atoms with van der Waals surface area (Å²) < 4.78 is 10.0. The van der Waals surface area contributed by atoms with E-state index in [2.05, 4.69) is 5.32 Å². The summed E-state index contributed by atoms with van der Waals surface area (Å²) in [5.74, 6) is -0.151. The van der Waals surface area contributed by atoms with Gasteiger partial charge in [-0.15, -0.1) is 0 Å². The lowest BCUT2D eigenvalue weighted by Gasteiger charge is -2.15. The van der Waals surface area contributed by atoms with Crippen LogP contribution in [0.25, 0.3) is 0 Å². The Morgan fingerprint density at radius 1 is 1.69 bits per heavy atom. The summed E-state index contributed by atoms with van der Waals surface area (Å²) in [6.07, 6.45) is 1.79. The second-order valence-electron chi connectivity index (χ2n) is 3.35. The van der Waals surface area contributed by atoms with Crippen molar-refractivity contribution < 1.29 is 14.3 Å². The van der Waals surface area contributed by atoms with Gasteiger partial charge in [0.25, 0.3) is 0 Å². The van der Waals surface area contributed by atoms with E-state index in [-0.39, 0.29) is 18.1 Å². The molecule has 1 saturated heterocycles. The van der Waals surface area contributed by atoms with Crippen LogP contribution in [-0.4, -0.2) is 38.4 Å². The maximum atomic E-state index is 11.4. The normalized spacial score (nSPS) is 24.3. The Labute approximate surface area is 78.6 Å². The van der Waals surface area contributed by atoms with Crippen LogP contribution in [0.1, 0.15) is 19.8 Å². The molecule has 4 nitrogen and oxygen atoms in total. The molecule has 1 unspecified atom stereocenters. The van der Waals surface area contributed by atoms with Crippen molar-refractivity contribution in [2.24, 2.45) is 0 Å². The lowest BCUT2D eigenvalue weighted by atomic mass is 10.2. The Morgan fingerprint density at radius 3 is 3.00 bits per heavy atom. The van der Waals surface area contributed by atoms with Crippen molar-refractivity contribution in [3.63, 3.8) is 0 Å². The van der Waals surface area contributed by atoms with E-state index in [1.165, 1.54) is 0 Å². The molecule has 1 fully saturated rings. The molecule has 0 aromatic heterocycles. The molecule has 0 bridgehead atoms. The van der Waals surface area contributed by atoms with E-state index in [9.17, 15) is 4.79 Å². The van der Waals surface area contributed by atoms with Gasteiger partial charge < -0.3 is 14.8 Å². The van der Waals surface area contributed by atoms with Crippen molar-refractivity contribution >= 4 is 5.97 Å². The highest BCUT2D eigenvalue weighted by Gasteiger charge is 2.24. The number of carbonyl (C=O) groups is 1. The number of nitrogens with one attached hydrogen (secondary N) is 1. The zero-order valence-corrected chi connectivity index (χ0v) is 8.21. The summed E-state index contributed by atoms with van der Waals surface area (Å²) in [7, 11) is 1.60. The van der Waals surface area contributed by atoms with E-state index in [0.29, 0.717) is 6.61 Å². The minimum Gasteiger partial charge on any atom is -0.459 e. The summed E-state index contributed by atoms with van der Waals surface area (Å²) in [5, 5.41) is 3.09. The van der Waals surface area contributed by atoms with Gasteiger partial charge in [-0.1, -0.05) is 0 Å². The summed E-state index contributed by atoms with van der Waals surface area (Å²) >= 11 is 0. The predicted octanol–water partition coefficient (Wildman–Crippen LogP) is 0.317. The quantitative estimate of drug-likeness (QED) is 0.644. The maximum Gasteiger partial charge on any atom is 0.323 e. The van der Waals surface area contributed by atoms with Gasteiger partial charge >= 0.3 is 5.97 Å². The molecule has 1 rings (SSSR count). The molecule has 2 atom stereocenters. The van der Waals surface area contributed by atoms with E-state index in [1.807, 2.05) is 6.92 Å². The fraction of sp³-hybridized carbons (Fsp3) is 0.889. The Bertz CT molecular complexity index is 166. The number of methoxy groups -OCH3 is 1. The SMILES string of the molecule is COCC(C)OC(=O)[C@@H]1CCCN1. The minimum atomic E-state index is -0.153. The van der Waals surface area contributed by atoms with Gasteiger partial charge in [-0.25, -0.2) is 0 Å². The molecule has 1 heterocycles. The third-order valence-corrected chi connectivity index (χ3v) is 2.06. The van der Waals surface area contributed by atoms with Crippen molar-refractivity contribution in [3.05, 3.63) is 0 Å². The Morgan fingerprint density at radius 2 is 2.46 bits per heavy atom. The first kappa shape index (κ1) is 10.5. The fourth-order valence-corrected chi connectivity index (χ4v) is 1.43. The molecule has 1 N–H and O–H groups in total. The number of carbonyl (C=O) groups excluding carboxylic acids is 1. The molecular weight excluding hydrogens is 170 g/mol. The number of rotatable bonds is 4. The lowest BCUT2D eigenvalue weighted by molar-refractivity contribution is -0.152. The predicted molar refractivity (Wildman–Crippen MR) is 48.5 cm³/mol. The smallest absolute Gasteiger partial charge is 0.323 e. The zero-order chi connectivity index (χ0) is 9.68. The first-order chi connectivity index (χ1) is 6.24. The lowest BCUT2D eigenvalue weighted by Crippen LogP contribution is -2.35. The van der Waals surface area contributed by atoms with E-state index in [4.69, 9.17) is 9.47 Å². The molecule has 4 heteroatoms. The van der Waals surface area contributed by atoms with Crippen molar-refractivity contribution in [1.82, 2.24) is 5.32 Å². The average molecular weight is 187 g/mol. The molecule has 1 aliphatic rings. The van der Waals surface area contributed by atoms with Crippen LogP contribution < -0.4 is 5.32 Å². The van der Waals surface area contributed by atoms with E-state index in [0.717, 1.165) is 19.4 Å². The third kappa shape index (κ3) is 3.32. The number of hydrogen-bond donors (Lipinski definition) is 1. The van der Waals surface area contributed by atoms with Gasteiger partial charge in [0, 0.05) is 7.11 Å². The summed E-state index contributed by atoms with van der Waals surface area (Å²) in [4.78, 5) is 11.4. The van der Waals surface area contributed by atoms with Crippen LogP contribution >= 0.6 is 0 Å². The highest BCUT2D eigenvalue weighted by molar-refractivity contribution is 5.76. The molecular formula is C9H17NO3. The van der Waals surface area contributed by atoms with Crippen LogP contribution in [0.15, 0.2) is 0 Å². The Hall–Kier alpha value is -0.610. The molecule has 0 aromatic carbocycles. The topological polar surface area (TPSA) is 47.6 Å². The van der Waals surface area contributed by atoms with Crippen LogP contribution in [-0.2, 0) is 14.3 Å². The molecule has 0 spiro atoms. The van der Waals surface area contributed by atoms with Crippen molar-refractivity contribution in [2.75, 3.05) is 20.3 Å². The van der Waals surface area contributed by atoms with Gasteiger partial charge in [0.2, 0.25) is 0 Å². The van der Waals surface area contributed by atoms with Gasteiger partial charge in [-0.2, -0.15) is 0 Å². The summed E-state index contributed by atoms with van der Waals surface area (Å²) in [5.41, 5.74) is 0. The third-order valence-electron chi connectivity index (χ3n) is 2.06. The van der Waals surface area contributed by atoms with E-state index >= 15 is 0 Å². The Kier molecular flexibility index (Phi) is 4.18. The van der Waals surface area contributed by atoms with Crippen LogP contribution in [0, 0.1) is 0 Å². The molecule has 0 saturated carbocycles. The fourth-order valence-electron chi connectivity index (χ4n) is 1.43. The Balaban J connectivity index is 2.23. The van der Waals surface area contributed by atoms with Gasteiger partial charge in [0.05, 0.1) is 6.61 Å². The molecule has 76 valence electrons. The number of ether oxygens (including phenoxy) is 2. The highest BCUT2D eigenvalue weighted by Crippen LogP contribution is 2.07. The van der Waals surface area contributed by atoms with Crippen LogP contribution in [0.4, 0.5) is 0 Å². The molecule has 13 heavy (non-hydrogen) atoms. The highest BCUT2D eigenvalue weighted by atomic mass is 16.6. The number of esters is 1. The second kappa shape index (κ2) is 5.19. The molecule has 0 aromatic rings. The van der Waals surface area contributed by atoms with Gasteiger partial charge in [-0.3, -0.25) is 4.79 Å². The molecule has 0 radical (unpaired) electrons. The van der Waals surface area contributed by atoms with Crippen molar-refractivity contribution in [1.29, 1.82) is 0 Å². The second-order valence-corrected chi connectivity index (χ2v) is 3.35. The van der Waals surface area contributed by atoms with Crippen molar-refractivity contribution in [2.45, 2.75) is 31.9 Å². The standard InChI is InChI=1S/C9H17NO3/c1-7(6-12-2)13-9(11)8-4-3-5-10-8/h7-8,10H,3-6H2,1-2H3/t7?,8-/m0/s1. The molecule has 1 aliphatic heterocycles. The molecule has 0 amide bonds. The summed E-state index contributed by atoms with van der Waals surface area (Å²) in [6.45, 7) is 3.20. The van der Waals surface area contributed by atoms with Crippen LogP contribution in [0.3, 0.4) is 0 Å². The molecule has 0 aliphatic carbocycles. The zero-order valence-electron chi connectivity index (χ0n) is 8.21. The van der Waals surface area contributed by atoms with Crippen LogP contribution in [0.5, 0.6) is 0 Å². The number of hydrogen-bond acceptors (Lipinski definition) is 4. The van der Waals surface area contributed by atoms with Crippen LogP contribution in [0.2, 0.25) is 0 Å². The average Bonchev–Trinajstić information content (AvgIpc) is 2.55. The largest absolute Gasteiger partial charge is 0.459 e. The summed E-state index contributed by atoms with van der Waals surface area (Å²) in [6, 6.07) is -0.0979. The van der Waals surface area contributed by atoms with E-state index in [1.54, 1.807) is 7.11 Å². The minimum absolute atomic E-state index is 0.0979. The first-order valence-corrected chi connectivity index (χ1v) is 4.67. The van der Waals surface area contributed by atoms with Gasteiger partial charge in [-0.05, 0) is 26.3 Å².